The smallest absolute Gasteiger partial charge is 0.331 e. The van der Waals surface area contributed by atoms with Crippen LogP contribution in [0.25, 0.3) is 6.08 Å². The molecule has 1 amide bonds. The van der Waals surface area contributed by atoms with E-state index in [9.17, 15) is 19.7 Å². The van der Waals surface area contributed by atoms with Crippen molar-refractivity contribution in [3.05, 3.63) is 70.3 Å². The Morgan fingerprint density at radius 1 is 1.18 bits per heavy atom. The third kappa shape index (κ3) is 5.94. The Kier molecular flexibility index (Phi) is 7.27. The minimum Gasteiger partial charge on any atom is -0.494 e. The summed E-state index contributed by atoms with van der Waals surface area (Å²) in [5.41, 5.74) is 0.549. The Hall–Kier alpha value is -3.68. The SMILES string of the molecule is CCOc1ccc(/C=C/C(=O)O[C@H](C)C(=O)Nc2ccccc2[N+](=O)[O-])cc1. The van der Waals surface area contributed by atoms with Crippen molar-refractivity contribution < 1.29 is 24.0 Å². The molecule has 0 aromatic heterocycles. The fraction of sp³-hybridized carbons (Fsp3) is 0.200. The molecule has 2 aromatic rings. The molecule has 1 N–H and O–H groups in total. The van der Waals surface area contributed by atoms with Gasteiger partial charge in [-0.3, -0.25) is 14.9 Å². The van der Waals surface area contributed by atoms with Gasteiger partial charge in [0, 0.05) is 12.1 Å². The predicted molar refractivity (Wildman–Crippen MR) is 104 cm³/mol. The van der Waals surface area contributed by atoms with Crippen molar-refractivity contribution in [2.45, 2.75) is 20.0 Å². The van der Waals surface area contributed by atoms with E-state index in [-0.39, 0.29) is 11.4 Å². The number of benzene rings is 2. The molecule has 0 saturated carbocycles. The Balaban J connectivity index is 1.92. The molecule has 0 radical (unpaired) electrons. The van der Waals surface area contributed by atoms with Crippen LogP contribution < -0.4 is 10.1 Å². The Labute approximate surface area is 161 Å². The average molecular weight is 384 g/mol. The number of hydrogen-bond donors (Lipinski definition) is 1. The highest BCUT2D eigenvalue weighted by Crippen LogP contribution is 2.23. The zero-order chi connectivity index (χ0) is 20.5. The van der Waals surface area contributed by atoms with Gasteiger partial charge in [-0.25, -0.2) is 4.79 Å². The van der Waals surface area contributed by atoms with E-state index in [0.29, 0.717) is 6.61 Å². The van der Waals surface area contributed by atoms with Gasteiger partial charge >= 0.3 is 5.97 Å². The van der Waals surface area contributed by atoms with E-state index in [0.717, 1.165) is 11.3 Å². The molecule has 0 aliphatic carbocycles. The van der Waals surface area contributed by atoms with Crippen LogP contribution in [-0.4, -0.2) is 29.5 Å². The Morgan fingerprint density at radius 3 is 2.50 bits per heavy atom. The lowest BCUT2D eigenvalue weighted by Crippen LogP contribution is -2.29. The van der Waals surface area contributed by atoms with Gasteiger partial charge in [0.25, 0.3) is 11.6 Å². The van der Waals surface area contributed by atoms with Crippen molar-refractivity contribution in [1.29, 1.82) is 0 Å². The van der Waals surface area contributed by atoms with Gasteiger partial charge < -0.3 is 14.8 Å². The van der Waals surface area contributed by atoms with Gasteiger partial charge in [-0.05, 0) is 43.7 Å². The molecule has 1 atom stereocenters. The van der Waals surface area contributed by atoms with Gasteiger partial charge in [-0.2, -0.15) is 0 Å². The molecular weight excluding hydrogens is 364 g/mol. The largest absolute Gasteiger partial charge is 0.494 e. The molecule has 2 aromatic carbocycles. The Bertz CT molecular complexity index is 877. The van der Waals surface area contributed by atoms with E-state index in [2.05, 4.69) is 5.32 Å². The molecule has 0 unspecified atom stereocenters. The summed E-state index contributed by atoms with van der Waals surface area (Å²) in [7, 11) is 0. The lowest BCUT2D eigenvalue weighted by atomic mass is 10.2. The number of nitro benzene ring substituents is 1. The van der Waals surface area contributed by atoms with Gasteiger partial charge in [0.2, 0.25) is 0 Å². The summed E-state index contributed by atoms with van der Waals surface area (Å²) >= 11 is 0. The van der Waals surface area contributed by atoms with Crippen molar-refractivity contribution in [1.82, 2.24) is 0 Å². The highest BCUT2D eigenvalue weighted by atomic mass is 16.6. The molecule has 0 spiro atoms. The van der Waals surface area contributed by atoms with Crippen LogP contribution in [0.4, 0.5) is 11.4 Å². The molecule has 28 heavy (non-hydrogen) atoms. The number of para-hydroxylation sites is 2. The summed E-state index contributed by atoms with van der Waals surface area (Å²) in [6.07, 6.45) is 1.62. The number of hydrogen-bond acceptors (Lipinski definition) is 6. The summed E-state index contributed by atoms with van der Waals surface area (Å²) in [5.74, 6) is -0.654. The van der Waals surface area contributed by atoms with Crippen LogP contribution >= 0.6 is 0 Å². The first-order valence-corrected chi connectivity index (χ1v) is 8.56. The molecule has 0 aliphatic heterocycles. The van der Waals surface area contributed by atoms with E-state index in [1.54, 1.807) is 36.4 Å². The number of nitrogens with zero attached hydrogens (tertiary/aromatic N) is 1. The van der Waals surface area contributed by atoms with Crippen molar-refractivity contribution in [2.75, 3.05) is 11.9 Å². The van der Waals surface area contributed by atoms with E-state index in [1.165, 1.54) is 31.2 Å². The van der Waals surface area contributed by atoms with Crippen LogP contribution in [0, 0.1) is 10.1 Å². The minimum atomic E-state index is -1.13. The molecular formula is C20H20N2O6. The fourth-order valence-electron chi connectivity index (χ4n) is 2.25. The maximum atomic E-state index is 12.1. The standard InChI is InChI=1S/C20H20N2O6/c1-3-27-16-11-8-15(9-12-16)10-13-19(23)28-14(2)20(24)21-17-6-4-5-7-18(17)22(25)26/h4-14H,3H2,1-2H3,(H,21,24)/b13-10+/t14-/m1/s1. The highest BCUT2D eigenvalue weighted by molar-refractivity contribution is 5.98. The van der Waals surface area contributed by atoms with Gasteiger partial charge in [0.1, 0.15) is 11.4 Å². The molecule has 0 aliphatic rings. The fourth-order valence-corrected chi connectivity index (χ4v) is 2.25. The van der Waals surface area contributed by atoms with Crippen LogP contribution in [0.3, 0.4) is 0 Å². The van der Waals surface area contributed by atoms with Crippen molar-refractivity contribution in [2.24, 2.45) is 0 Å². The molecule has 146 valence electrons. The van der Waals surface area contributed by atoms with E-state index >= 15 is 0 Å². The first kappa shape index (κ1) is 20.6. The van der Waals surface area contributed by atoms with Gasteiger partial charge in [0.15, 0.2) is 6.10 Å². The second-order valence-electron chi connectivity index (χ2n) is 5.68. The zero-order valence-corrected chi connectivity index (χ0v) is 15.5. The van der Waals surface area contributed by atoms with Crippen LogP contribution in [0.1, 0.15) is 19.4 Å². The zero-order valence-electron chi connectivity index (χ0n) is 15.5. The number of amides is 1. The second-order valence-corrected chi connectivity index (χ2v) is 5.68. The minimum absolute atomic E-state index is 0.0327. The quantitative estimate of drug-likeness (QED) is 0.323. The van der Waals surface area contributed by atoms with E-state index in [4.69, 9.17) is 9.47 Å². The molecule has 0 heterocycles. The van der Waals surface area contributed by atoms with Gasteiger partial charge in [-0.1, -0.05) is 24.3 Å². The third-order valence-electron chi connectivity index (χ3n) is 3.62. The van der Waals surface area contributed by atoms with E-state index < -0.39 is 22.9 Å². The highest BCUT2D eigenvalue weighted by Gasteiger charge is 2.20. The monoisotopic (exact) mass is 384 g/mol. The molecule has 8 nitrogen and oxygen atoms in total. The normalized spacial score (nSPS) is 11.6. The topological polar surface area (TPSA) is 108 Å². The van der Waals surface area contributed by atoms with Crippen LogP contribution in [-0.2, 0) is 14.3 Å². The summed E-state index contributed by atoms with van der Waals surface area (Å²) < 4.78 is 10.4. The maximum absolute atomic E-state index is 12.1. The number of carbonyl (C=O) groups excluding carboxylic acids is 2. The lowest BCUT2D eigenvalue weighted by molar-refractivity contribution is -0.383. The number of anilines is 1. The molecule has 0 bridgehead atoms. The van der Waals surface area contributed by atoms with Gasteiger partial charge in [-0.15, -0.1) is 0 Å². The van der Waals surface area contributed by atoms with Crippen molar-refractivity contribution >= 4 is 29.3 Å². The predicted octanol–water partition coefficient (Wildman–Crippen LogP) is 3.58. The molecule has 2 rings (SSSR count). The molecule has 0 fully saturated rings. The van der Waals surface area contributed by atoms with Crippen LogP contribution in [0.15, 0.2) is 54.6 Å². The molecule has 8 heteroatoms. The summed E-state index contributed by atoms with van der Waals surface area (Å²) in [6, 6.07) is 12.8. The Morgan fingerprint density at radius 2 is 1.86 bits per heavy atom. The van der Waals surface area contributed by atoms with Gasteiger partial charge in [0.05, 0.1) is 11.5 Å². The number of rotatable bonds is 8. The van der Waals surface area contributed by atoms with Crippen LogP contribution in [0.2, 0.25) is 0 Å². The summed E-state index contributed by atoms with van der Waals surface area (Å²) in [4.78, 5) is 34.4. The number of esters is 1. The number of nitrogens with one attached hydrogen (secondary N) is 1. The third-order valence-corrected chi connectivity index (χ3v) is 3.62. The summed E-state index contributed by atoms with van der Waals surface area (Å²) in [5, 5.41) is 13.4. The summed E-state index contributed by atoms with van der Waals surface area (Å²) in [6.45, 7) is 3.83. The number of nitro groups is 1. The van der Waals surface area contributed by atoms with Crippen molar-refractivity contribution in [3.8, 4) is 5.75 Å². The molecule has 0 saturated heterocycles. The number of ether oxygens (including phenoxy) is 2. The average Bonchev–Trinajstić information content (AvgIpc) is 2.68. The first-order valence-electron chi connectivity index (χ1n) is 8.56. The number of carbonyl (C=O) groups is 2. The first-order chi connectivity index (χ1) is 13.4. The van der Waals surface area contributed by atoms with Crippen LogP contribution in [0.5, 0.6) is 5.75 Å². The van der Waals surface area contributed by atoms with Crippen molar-refractivity contribution in [3.63, 3.8) is 0 Å². The lowest BCUT2D eigenvalue weighted by Gasteiger charge is -2.12. The van der Waals surface area contributed by atoms with E-state index in [1.807, 2.05) is 6.92 Å². The maximum Gasteiger partial charge on any atom is 0.331 e. The second kappa shape index (κ2) is 9.86.